The molecule has 0 amide bonds. The SMILES string of the molecule is COCc1nn(CCC(C)C)c2sc(C(=O)O)cc12. The molecule has 2 heterocycles. The highest BCUT2D eigenvalue weighted by Gasteiger charge is 2.17. The Morgan fingerprint density at radius 2 is 2.32 bits per heavy atom. The minimum Gasteiger partial charge on any atom is -0.477 e. The Balaban J connectivity index is 2.41. The Hall–Kier alpha value is -1.40. The number of thiophene rings is 1. The average Bonchev–Trinajstić information content (AvgIpc) is 2.88. The second-order valence-electron chi connectivity index (χ2n) is 4.92. The van der Waals surface area contributed by atoms with Gasteiger partial charge in [0.2, 0.25) is 0 Å². The maximum atomic E-state index is 11.1. The average molecular weight is 282 g/mol. The van der Waals surface area contributed by atoms with E-state index < -0.39 is 5.97 Å². The quantitative estimate of drug-likeness (QED) is 0.884. The van der Waals surface area contributed by atoms with Gasteiger partial charge in [0, 0.05) is 19.0 Å². The van der Waals surface area contributed by atoms with Crippen LogP contribution in [0.3, 0.4) is 0 Å². The standard InChI is InChI=1S/C13H18N2O3S/c1-8(2)4-5-15-12-9(10(14-15)7-18-3)6-11(19-12)13(16)17/h6,8H,4-5,7H2,1-3H3,(H,16,17). The van der Waals surface area contributed by atoms with Crippen molar-refractivity contribution in [3.8, 4) is 0 Å². The summed E-state index contributed by atoms with van der Waals surface area (Å²) in [5.74, 6) is -0.302. The highest BCUT2D eigenvalue weighted by Crippen LogP contribution is 2.29. The van der Waals surface area contributed by atoms with Crippen molar-refractivity contribution in [2.24, 2.45) is 5.92 Å². The second-order valence-corrected chi connectivity index (χ2v) is 5.95. The van der Waals surface area contributed by atoms with Gasteiger partial charge in [-0.15, -0.1) is 11.3 Å². The Kier molecular flexibility index (Phi) is 4.21. The lowest BCUT2D eigenvalue weighted by molar-refractivity contribution is 0.0702. The smallest absolute Gasteiger partial charge is 0.345 e. The first-order valence-electron chi connectivity index (χ1n) is 6.24. The van der Waals surface area contributed by atoms with Crippen molar-refractivity contribution in [2.45, 2.75) is 33.4 Å². The molecule has 1 N–H and O–H groups in total. The molecular weight excluding hydrogens is 264 g/mol. The van der Waals surface area contributed by atoms with Gasteiger partial charge in [-0.25, -0.2) is 4.79 Å². The molecule has 0 radical (unpaired) electrons. The van der Waals surface area contributed by atoms with E-state index >= 15 is 0 Å². The number of ether oxygens (including phenoxy) is 1. The highest BCUT2D eigenvalue weighted by atomic mass is 32.1. The van der Waals surface area contributed by atoms with Crippen LogP contribution in [0.5, 0.6) is 0 Å². The largest absolute Gasteiger partial charge is 0.477 e. The summed E-state index contributed by atoms with van der Waals surface area (Å²) in [4.78, 5) is 12.3. The minimum atomic E-state index is -0.889. The summed E-state index contributed by atoms with van der Waals surface area (Å²) < 4.78 is 7.03. The van der Waals surface area contributed by atoms with Crippen LogP contribution in [0.4, 0.5) is 0 Å². The van der Waals surface area contributed by atoms with Crippen LogP contribution in [-0.2, 0) is 17.9 Å². The third-order valence-electron chi connectivity index (χ3n) is 2.91. The Morgan fingerprint density at radius 3 is 2.89 bits per heavy atom. The monoisotopic (exact) mass is 282 g/mol. The van der Waals surface area contributed by atoms with E-state index in [2.05, 4.69) is 18.9 Å². The van der Waals surface area contributed by atoms with Crippen LogP contribution < -0.4 is 0 Å². The Bertz CT molecular complexity index is 586. The lowest BCUT2D eigenvalue weighted by Crippen LogP contribution is -2.03. The number of nitrogens with zero attached hydrogens (tertiary/aromatic N) is 2. The van der Waals surface area contributed by atoms with Crippen molar-refractivity contribution in [3.63, 3.8) is 0 Å². The van der Waals surface area contributed by atoms with Crippen molar-refractivity contribution in [3.05, 3.63) is 16.6 Å². The van der Waals surface area contributed by atoms with Gasteiger partial charge in [-0.05, 0) is 18.4 Å². The molecule has 0 aliphatic carbocycles. The molecule has 0 aromatic carbocycles. The number of fused-ring (bicyclic) bond motifs is 1. The third kappa shape index (κ3) is 2.96. The fraction of sp³-hybridized carbons (Fsp3) is 0.538. The Labute approximate surface area is 115 Å². The van der Waals surface area contributed by atoms with Crippen molar-refractivity contribution in [1.29, 1.82) is 0 Å². The minimum absolute atomic E-state index is 0.350. The summed E-state index contributed by atoms with van der Waals surface area (Å²) in [5, 5.41) is 14.5. The van der Waals surface area contributed by atoms with Crippen LogP contribution in [0.2, 0.25) is 0 Å². The number of hydrogen-bond donors (Lipinski definition) is 1. The summed E-state index contributed by atoms with van der Waals surface area (Å²) in [7, 11) is 1.61. The molecule has 0 aliphatic heterocycles. The van der Waals surface area contributed by atoms with Gasteiger partial charge >= 0.3 is 5.97 Å². The normalized spacial score (nSPS) is 11.6. The summed E-state index contributed by atoms with van der Waals surface area (Å²) in [6, 6.07) is 1.69. The summed E-state index contributed by atoms with van der Waals surface area (Å²) in [6.45, 7) is 5.53. The van der Waals surface area contributed by atoms with Crippen molar-refractivity contribution in [1.82, 2.24) is 9.78 Å². The molecule has 6 heteroatoms. The molecule has 0 saturated carbocycles. The fourth-order valence-electron chi connectivity index (χ4n) is 1.91. The van der Waals surface area contributed by atoms with Gasteiger partial charge in [-0.1, -0.05) is 13.8 Å². The topological polar surface area (TPSA) is 64.4 Å². The van der Waals surface area contributed by atoms with E-state index in [0.29, 0.717) is 17.4 Å². The van der Waals surface area contributed by atoms with E-state index in [1.54, 1.807) is 13.2 Å². The maximum Gasteiger partial charge on any atom is 0.345 e. The number of aromatic carboxylic acids is 1. The molecule has 0 atom stereocenters. The van der Waals surface area contributed by atoms with E-state index in [1.165, 1.54) is 11.3 Å². The van der Waals surface area contributed by atoms with Crippen molar-refractivity contribution in [2.75, 3.05) is 7.11 Å². The van der Waals surface area contributed by atoms with Crippen molar-refractivity contribution < 1.29 is 14.6 Å². The molecule has 0 unspecified atom stereocenters. The number of carboxylic acid groups (broad SMARTS) is 1. The van der Waals surface area contributed by atoms with E-state index in [1.807, 2.05) is 4.68 Å². The summed E-state index contributed by atoms with van der Waals surface area (Å²) in [5.41, 5.74) is 0.810. The van der Waals surface area contributed by atoms with Crippen LogP contribution in [0, 0.1) is 5.92 Å². The molecular formula is C13H18N2O3S. The number of hydrogen-bond acceptors (Lipinski definition) is 4. The molecule has 2 aromatic heterocycles. The van der Waals surface area contributed by atoms with Gasteiger partial charge in [0.1, 0.15) is 9.71 Å². The van der Waals surface area contributed by atoms with Crippen LogP contribution in [-0.4, -0.2) is 28.0 Å². The van der Waals surface area contributed by atoms with Crippen LogP contribution >= 0.6 is 11.3 Å². The first-order valence-corrected chi connectivity index (χ1v) is 7.06. The second kappa shape index (κ2) is 5.71. The first kappa shape index (κ1) is 14.0. The first-order chi connectivity index (χ1) is 9.02. The predicted octanol–water partition coefficient (Wildman–Crippen LogP) is 2.99. The maximum absolute atomic E-state index is 11.1. The van der Waals surface area contributed by atoms with Gasteiger partial charge in [0.15, 0.2) is 0 Å². The molecule has 104 valence electrons. The van der Waals surface area contributed by atoms with Crippen LogP contribution in [0.15, 0.2) is 6.07 Å². The third-order valence-corrected chi connectivity index (χ3v) is 4.05. The number of methoxy groups -OCH3 is 1. The van der Waals surface area contributed by atoms with Gasteiger partial charge in [0.25, 0.3) is 0 Å². The van der Waals surface area contributed by atoms with Gasteiger partial charge in [0.05, 0.1) is 12.3 Å². The van der Waals surface area contributed by atoms with Crippen molar-refractivity contribution >= 4 is 27.5 Å². The fourth-order valence-corrected chi connectivity index (χ4v) is 2.90. The lowest BCUT2D eigenvalue weighted by Gasteiger charge is -2.05. The molecule has 0 aliphatic rings. The molecule has 0 bridgehead atoms. The predicted molar refractivity (Wildman–Crippen MR) is 74.7 cm³/mol. The number of aryl methyl sites for hydroxylation is 1. The number of carbonyl (C=O) groups is 1. The van der Waals surface area contributed by atoms with Crippen LogP contribution in [0.25, 0.3) is 10.2 Å². The zero-order valence-corrected chi connectivity index (χ0v) is 12.2. The molecule has 5 nitrogen and oxygen atoms in total. The van der Waals surface area contributed by atoms with E-state index in [9.17, 15) is 4.79 Å². The van der Waals surface area contributed by atoms with E-state index in [-0.39, 0.29) is 0 Å². The highest BCUT2D eigenvalue weighted by molar-refractivity contribution is 7.20. The van der Waals surface area contributed by atoms with Gasteiger partial charge in [-0.3, -0.25) is 4.68 Å². The summed E-state index contributed by atoms with van der Waals surface area (Å²) >= 11 is 1.28. The lowest BCUT2D eigenvalue weighted by atomic mass is 10.1. The molecule has 0 fully saturated rings. The number of carboxylic acids is 1. The number of rotatable bonds is 6. The van der Waals surface area contributed by atoms with E-state index in [0.717, 1.165) is 28.9 Å². The zero-order chi connectivity index (χ0) is 14.0. The Morgan fingerprint density at radius 1 is 1.58 bits per heavy atom. The number of aromatic nitrogens is 2. The molecule has 0 saturated heterocycles. The van der Waals surface area contributed by atoms with Gasteiger partial charge in [-0.2, -0.15) is 5.10 Å². The molecule has 2 rings (SSSR count). The van der Waals surface area contributed by atoms with Gasteiger partial charge < -0.3 is 9.84 Å². The molecule has 0 spiro atoms. The van der Waals surface area contributed by atoms with Crippen LogP contribution in [0.1, 0.15) is 35.6 Å². The summed E-state index contributed by atoms with van der Waals surface area (Å²) in [6.07, 6.45) is 1.02. The molecule has 19 heavy (non-hydrogen) atoms. The molecule has 2 aromatic rings. The zero-order valence-electron chi connectivity index (χ0n) is 11.3. The van der Waals surface area contributed by atoms with E-state index in [4.69, 9.17) is 9.84 Å².